The van der Waals surface area contributed by atoms with Crippen LogP contribution in [0.5, 0.6) is 0 Å². The number of pyridine rings is 1. The third-order valence-electron chi connectivity index (χ3n) is 4.68. The van der Waals surface area contributed by atoms with Crippen LogP contribution >= 0.6 is 0 Å². The number of anilines is 2. The summed E-state index contributed by atoms with van der Waals surface area (Å²) in [5.74, 6) is 0.366. The lowest BCUT2D eigenvalue weighted by molar-refractivity contribution is 0.561. The van der Waals surface area contributed by atoms with Crippen molar-refractivity contribution < 1.29 is 4.74 Å². The number of ether oxygens (including phenoxy) is 1. The van der Waals surface area contributed by atoms with Crippen LogP contribution in [-0.4, -0.2) is 30.4 Å². The quantitative estimate of drug-likeness (QED) is 0.554. The van der Waals surface area contributed by atoms with Crippen molar-refractivity contribution in [1.82, 2.24) is 4.98 Å². The van der Waals surface area contributed by atoms with Gasteiger partial charge in [0.1, 0.15) is 34.9 Å². The molecule has 0 radical (unpaired) electrons. The van der Waals surface area contributed by atoms with Gasteiger partial charge in [0.25, 0.3) is 0 Å². The van der Waals surface area contributed by atoms with Gasteiger partial charge in [-0.2, -0.15) is 10.5 Å². The zero-order valence-electron chi connectivity index (χ0n) is 15.2. The van der Waals surface area contributed by atoms with Crippen LogP contribution in [0, 0.1) is 33.5 Å². The SMILES string of the molecule is N#Cc1c(N)nc(N2CCCCC2)c(C#N)c1-c1cccc(C(=N)OC=N)c1. The Hall–Kier alpha value is -3.91. The van der Waals surface area contributed by atoms with Gasteiger partial charge in [0, 0.05) is 24.2 Å². The van der Waals surface area contributed by atoms with Crippen molar-refractivity contribution in [3.63, 3.8) is 0 Å². The van der Waals surface area contributed by atoms with E-state index in [2.05, 4.69) is 17.1 Å². The van der Waals surface area contributed by atoms with Crippen molar-refractivity contribution in [3.05, 3.63) is 41.0 Å². The van der Waals surface area contributed by atoms with E-state index >= 15 is 0 Å². The zero-order chi connectivity index (χ0) is 20.1. The first-order valence-electron chi connectivity index (χ1n) is 8.84. The fourth-order valence-corrected chi connectivity index (χ4v) is 3.38. The van der Waals surface area contributed by atoms with Crippen LogP contribution in [0.25, 0.3) is 11.1 Å². The van der Waals surface area contributed by atoms with E-state index in [1.807, 2.05) is 4.90 Å². The van der Waals surface area contributed by atoms with Gasteiger partial charge in [-0.05, 0) is 37.0 Å². The third-order valence-corrected chi connectivity index (χ3v) is 4.68. The van der Waals surface area contributed by atoms with Gasteiger partial charge in [0.15, 0.2) is 6.40 Å². The summed E-state index contributed by atoms with van der Waals surface area (Å²) in [5, 5.41) is 34.4. The number of nitrogen functional groups attached to an aromatic ring is 1. The van der Waals surface area contributed by atoms with E-state index in [0.29, 0.717) is 34.5 Å². The molecule has 4 N–H and O–H groups in total. The van der Waals surface area contributed by atoms with Crippen LogP contribution in [0.1, 0.15) is 36.0 Å². The summed E-state index contributed by atoms with van der Waals surface area (Å²) in [5.41, 5.74) is 7.90. The number of hydrogen-bond donors (Lipinski definition) is 3. The summed E-state index contributed by atoms with van der Waals surface area (Å²) in [6, 6.07) is 11.0. The number of nitrogens with zero attached hydrogens (tertiary/aromatic N) is 4. The average molecular weight is 373 g/mol. The molecule has 0 unspecified atom stereocenters. The average Bonchev–Trinajstić information content (AvgIpc) is 2.73. The fraction of sp³-hybridized carbons (Fsp3) is 0.250. The second kappa shape index (κ2) is 8.19. The Morgan fingerprint density at radius 1 is 1.18 bits per heavy atom. The lowest BCUT2D eigenvalue weighted by atomic mass is 9.94. The maximum atomic E-state index is 9.90. The van der Waals surface area contributed by atoms with Crippen molar-refractivity contribution in [2.24, 2.45) is 0 Å². The number of benzene rings is 1. The molecular weight excluding hydrogens is 354 g/mol. The Bertz CT molecular complexity index is 1010. The van der Waals surface area contributed by atoms with Crippen molar-refractivity contribution in [2.75, 3.05) is 23.7 Å². The predicted octanol–water partition coefficient (Wildman–Crippen LogP) is 3.01. The van der Waals surface area contributed by atoms with Crippen LogP contribution in [0.4, 0.5) is 11.6 Å². The van der Waals surface area contributed by atoms with Gasteiger partial charge in [0.05, 0.1) is 0 Å². The summed E-state index contributed by atoms with van der Waals surface area (Å²) in [6.45, 7) is 1.56. The molecule has 140 valence electrons. The molecule has 8 nitrogen and oxygen atoms in total. The predicted molar refractivity (Wildman–Crippen MR) is 106 cm³/mol. The third kappa shape index (κ3) is 3.49. The van der Waals surface area contributed by atoms with E-state index in [1.165, 1.54) is 0 Å². The van der Waals surface area contributed by atoms with Crippen molar-refractivity contribution in [3.8, 4) is 23.3 Å². The Kier molecular flexibility index (Phi) is 5.52. The van der Waals surface area contributed by atoms with E-state index in [0.717, 1.165) is 32.4 Å². The number of aromatic nitrogens is 1. The lowest BCUT2D eigenvalue weighted by Gasteiger charge is -2.29. The molecule has 2 aromatic rings. The Morgan fingerprint density at radius 3 is 2.54 bits per heavy atom. The molecule has 1 saturated heterocycles. The number of hydrogen-bond acceptors (Lipinski definition) is 8. The molecule has 3 rings (SSSR count). The van der Waals surface area contributed by atoms with Gasteiger partial charge in [-0.3, -0.25) is 10.8 Å². The number of nitrogens with two attached hydrogens (primary N) is 1. The molecule has 0 atom stereocenters. The normalized spacial score (nSPS) is 13.3. The van der Waals surface area contributed by atoms with E-state index in [9.17, 15) is 10.5 Å². The summed E-state index contributed by atoms with van der Waals surface area (Å²) in [6.07, 6.45) is 3.83. The maximum absolute atomic E-state index is 9.90. The summed E-state index contributed by atoms with van der Waals surface area (Å²) in [7, 11) is 0. The van der Waals surface area contributed by atoms with Gasteiger partial charge in [-0.1, -0.05) is 12.1 Å². The Labute approximate surface area is 162 Å². The molecule has 1 aromatic heterocycles. The van der Waals surface area contributed by atoms with Crippen LogP contribution in [0.2, 0.25) is 0 Å². The van der Waals surface area contributed by atoms with Crippen LogP contribution in [-0.2, 0) is 4.74 Å². The number of nitrogens with one attached hydrogen (secondary N) is 2. The minimum absolute atomic E-state index is 0.0771. The summed E-state index contributed by atoms with van der Waals surface area (Å²) >= 11 is 0. The molecule has 0 saturated carbocycles. The van der Waals surface area contributed by atoms with E-state index < -0.39 is 0 Å². The minimum atomic E-state index is -0.202. The highest BCUT2D eigenvalue weighted by molar-refractivity contribution is 5.97. The first-order chi connectivity index (χ1) is 13.6. The highest BCUT2D eigenvalue weighted by Crippen LogP contribution is 2.36. The van der Waals surface area contributed by atoms with Crippen molar-refractivity contribution >= 4 is 23.9 Å². The molecule has 0 spiro atoms. The highest BCUT2D eigenvalue weighted by Gasteiger charge is 2.24. The highest BCUT2D eigenvalue weighted by atomic mass is 16.5. The summed E-state index contributed by atoms with van der Waals surface area (Å²) in [4.78, 5) is 6.41. The zero-order valence-corrected chi connectivity index (χ0v) is 15.2. The van der Waals surface area contributed by atoms with E-state index in [1.54, 1.807) is 24.3 Å². The smallest absolute Gasteiger partial charge is 0.220 e. The fourth-order valence-electron chi connectivity index (χ4n) is 3.38. The number of nitriles is 2. The first kappa shape index (κ1) is 18.9. The molecule has 0 amide bonds. The van der Waals surface area contributed by atoms with Gasteiger partial charge in [-0.15, -0.1) is 0 Å². The van der Waals surface area contributed by atoms with Gasteiger partial charge < -0.3 is 15.4 Å². The second-order valence-electron chi connectivity index (χ2n) is 6.36. The molecule has 1 aliphatic rings. The van der Waals surface area contributed by atoms with Gasteiger partial charge in [0.2, 0.25) is 5.90 Å². The molecule has 1 fully saturated rings. The van der Waals surface area contributed by atoms with E-state index in [-0.39, 0.29) is 17.3 Å². The van der Waals surface area contributed by atoms with Crippen LogP contribution in [0.3, 0.4) is 0 Å². The minimum Gasteiger partial charge on any atom is -0.428 e. The van der Waals surface area contributed by atoms with Crippen molar-refractivity contribution in [2.45, 2.75) is 19.3 Å². The topological polar surface area (TPSA) is 147 Å². The molecule has 1 aliphatic heterocycles. The molecule has 28 heavy (non-hydrogen) atoms. The largest absolute Gasteiger partial charge is 0.428 e. The van der Waals surface area contributed by atoms with Crippen LogP contribution in [0.15, 0.2) is 24.3 Å². The molecular formula is C20H19N7O. The summed E-state index contributed by atoms with van der Waals surface area (Å²) < 4.78 is 4.82. The molecule has 0 bridgehead atoms. The Morgan fingerprint density at radius 2 is 1.89 bits per heavy atom. The number of piperidine rings is 1. The molecule has 2 heterocycles. The first-order valence-corrected chi connectivity index (χ1v) is 8.84. The van der Waals surface area contributed by atoms with Gasteiger partial charge >= 0.3 is 0 Å². The second-order valence-corrected chi connectivity index (χ2v) is 6.36. The van der Waals surface area contributed by atoms with Crippen molar-refractivity contribution in [1.29, 1.82) is 21.3 Å². The monoisotopic (exact) mass is 373 g/mol. The van der Waals surface area contributed by atoms with Crippen LogP contribution < -0.4 is 10.6 Å². The molecule has 8 heteroatoms. The molecule has 0 aliphatic carbocycles. The molecule has 1 aromatic carbocycles. The Balaban J connectivity index is 2.22. The standard InChI is InChI=1S/C20H19N7O/c21-10-15-17(13-5-4-6-14(9-13)19(25)28-12-23)16(11-22)20(26-18(15)24)27-7-2-1-3-8-27/h4-6,9,12,23,25H,1-3,7-8H2,(H2,24,26). The van der Waals surface area contributed by atoms with E-state index in [4.69, 9.17) is 21.3 Å². The lowest BCUT2D eigenvalue weighted by Crippen LogP contribution is -2.31. The maximum Gasteiger partial charge on any atom is 0.220 e. The number of rotatable bonds is 4. The van der Waals surface area contributed by atoms with Gasteiger partial charge in [-0.25, -0.2) is 4.98 Å².